The normalized spacial score (nSPS) is 11.5. The minimum absolute atomic E-state index is 0.123. The van der Waals surface area contributed by atoms with Crippen molar-refractivity contribution in [2.24, 2.45) is 0 Å². The fourth-order valence-electron chi connectivity index (χ4n) is 2.70. The molecule has 0 saturated carbocycles. The molecule has 0 bridgehead atoms. The van der Waals surface area contributed by atoms with E-state index in [4.69, 9.17) is 0 Å². The average molecular weight is 358 g/mol. The van der Waals surface area contributed by atoms with Crippen molar-refractivity contribution in [1.29, 1.82) is 0 Å². The Labute approximate surface area is 149 Å². The summed E-state index contributed by atoms with van der Waals surface area (Å²) < 4.78 is 38.1. The van der Waals surface area contributed by atoms with Crippen LogP contribution in [0.2, 0.25) is 0 Å². The Bertz CT molecular complexity index is 920. The van der Waals surface area contributed by atoms with Gasteiger partial charge in [-0.1, -0.05) is 37.3 Å². The van der Waals surface area contributed by atoms with Crippen LogP contribution < -0.4 is 4.90 Å². The number of benzene rings is 2. The number of carbonyl (C=O) groups is 1. The molecule has 3 nitrogen and oxygen atoms in total. The number of amides is 1. The molecule has 0 spiro atoms. The molecule has 0 saturated heterocycles. The van der Waals surface area contributed by atoms with Crippen molar-refractivity contribution in [3.63, 3.8) is 0 Å². The van der Waals surface area contributed by atoms with Crippen LogP contribution in [0.5, 0.6) is 0 Å². The third-order valence-corrected chi connectivity index (χ3v) is 4.11. The fourth-order valence-corrected chi connectivity index (χ4v) is 2.70. The van der Waals surface area contributed by atoms with E-state index in [9.17, 15) is 18.0 Å². The van der Waals surface area contributed by atoms with Crippen LogP contribution in [0.4, 0.5) is 18.9 Å². The molecule has 0 fully saturated rings. The van der Waals surface area contributed by atoms with Gasteiger partial charge < -0.3 is 4.90 Å². The minimum Gasteiger partial charge on any atom is -0.306 e. The van der Waals surface area contributed by atoms with E-state index in [0.717, 1.165) is 23.0 Å². The summed E-state index contributed by atoms with van der Waals surface area (Å²) in [6, 6.07) is 14.3. The Morgan fingerprint density at radius 2 is 1.77 bits per heavy atom. The summed E-state index contributed by atoms with van der Waals surface area (Å²) in [5, 5.41) is 0.895. The molecule has 1 heterocycles. The van der Waals surface area contributed by atoms with Crippen LogP contribution in [0, 0.1) is 0 Å². The number of alkyl halides is 3. The highest BCUT2D eigenvalue weighted by Gasteiger charge is 2.30. The zero-order chi connectivity index (χ0) is 18.7. The zero-order valence-electron chi connectivity index (χ0n) is 14.1. The molecule has 3 aromatic rings. The van der Waals surface area contributed by atoms with Crippen molar-refractivity contribution in [1.82, 2.24) is 4.98 Å². The van der Waals surface area contributed by atoms with Gasteiger partial charge >= 0.3 is 6.18 Å². The lowest BCUT2D eigenvalue weighted by atomic mass is 10.1. The van der Waals surface area contributed by atoms with Gasteiger partial charge in [-0.3, -0.25) is 9.78 Å². The molecule has 0 radical (unpaired) electrons. The number of rotatable bonds is 4. The van der Waals surface area contributed by atoms with Crippen molar-refractivity contribution in [3.05, 3.63) is 71.9 Å². The van der Waals surface area contributed by atoms with E-state index in [-0.39, 0.29) is 18.9 Å². The van der Waals surface area contributed by atoms with Crippen molar-refractivity contribution in [2.45, 2.75) is 26.1 Å². The first kappa shape index (κ1) is 17.9. The van der Waals surface area contributed by atoms with E-state index in [2.05, 4.69) is 4.98 Å². The molecular weight excluding hydrogens is 341 g/mol. The van der Waals surface area contributed by atoms with Crippen LogP contribution in [-0.2, 0) is 17.5 Å². The van der Waals surface area contributed by atoms with Crippen molar-refractivity contribution in [3.8, 4) is 0 Å². The monoisotopic (exact) mass is 358 g/mol. The topological polar surface area (TPSA) is 33.2 Å². The standard InChI is InChI=1S/C20H17F3N2O/c1-2-19(26)25(13-14-7-9-16(10-8-14)20(21,22)23)17-11-15-5-3-4-6-18(15)24-12-17/h3-12H,2,13H2,1H3. The summed E-state index contributed by atoms with van der Waals surface area (Å²) in [5.41, 5.74) is 1.35. The molecule has 0 aliphatic heterocycles. The number of pyridine rings is 1. The lowest BCUT2D eigenvalue weighted by Crippen LogP contribution is -2.29. The third-order valence-electron chi connectivity index (χ3n) is 4.11. The van der Waals surface area contributed by atoms with Crippen molar-refractivity contribution >= 4 is 22.5 Å². The first-order valence-electron chi connectivity index (χ1n) is 8.20. The summed E-state index contributed by atoms with van der Waals surface area (Å²) in [7, 11) is 0. The maximum absolute atomic E-state index is 12.7. The van der Waals surface area contributed by atoms with Crippen LogP contribution in [0.3, 0.4) is 0 Å². The van der Waals surface area contributed by atoms with Gasteiger partial charge in [0.25, 0.3) is 0 Å². The number of halogens is 3. The Kier molecular flexibility index (Phi) is 4.93. The Morgan fingerprint density at radius 3 is 2.42 bits per heavy atom. The van der Waals surface area contributed by atoms with Gasteiger partial charge in [0.05, 0.1) is 29.5 Å². The molecule has 0 unspecified atom stereocenters. The summed E-state index contributed by atoms with van der Waals surface area (Å²) in [4.78, 5) is 18.3. The number of anilines is 1. The maximum atomic E-state index is 12.7. The SMILES string of the molecule is CCC(=O)N(Cc1ccc(C(F)(F)F)cc1)c1cnc2ccccc2c1. The third kappa shape index (κ3) is 3.85. The second-order valence-electron chi connectivity index (χ2n) is 5.91. The van der Waals surface area contributed by atoms with E-state index < -0.39 is 11.7 Å². The second-order valence-corrected chi connectivity index (χ2v) is 5.91. The van der Waals surface area contributed by atoms with Gasteiger partial charge in [-0.2, -0.15) is 13.2 Å². The Morgan fingerprint density at radius 1 is 1.08 bits per heavy atom. The molecule has 3 rings (SSSR count). The molecule has 0 N–H and O–H groups in total. The fraction of sp³-hybridized carbons (Fsp3) is 0.200. The first-order chi connectivity index (χ1) is 12.4. The highest BCUT2D eigenvalue weighted by molar-refractivity contribution is 5.95. The minimum atomic E-state index is -4.38. The number of para-hydroxylation sites is 1. The van der Waals surface area contributed by atoms with Crippen LogP contribution in [0.25, 0.3) is 10.9 Å². The molecule has 0 aliphatic rings. The quantitative estimate of drug-likeness (QED) is 0.642. The lowest BCUT2D eigenvalue weighted by molar-refractivity contribution is -0.137. The van der Waals surface area contributed by atoms with Crippen molar-refractivity contribution < 1.29 is 18.0 Å². The second kappa shape index (κ2) is 7.15. The highest BCUT2D eigenvalue weighted by Crippen LogP contribution is 2.29. The Balaban J connectivity index is 1.91. The average Bonchev–Trinajstić information content (AvgIpc) is 2.65. The van der Waals surface area contributed by atoms with E-state index >= 15 is 0 Å². The molecule has 1 aromatic heterocycles. The first-order valence-corrected chi connectivity index (χ1v) is 8.20. The van der Waals surface area contributed by atoms with Crippen LogP contribution >= 0.6 is 0 Å². The van der Waals surface area contributed by atoms with Gasteiger partial charge in [0.15, 0.2) is 0 Å². The number of hydrogen-bond acceptors (Lipinski definition) is 2. The summed E-state index contributed by atoms with van der Waals surface area (Å²) >= 11 is 0. The van der Waals surface area contributed by atoms with Crippen LogP contribution in [-0.4, -0.2) is 10.9 Å². The van der Waals surface area contributed by atoms with Crippen molar-refractivity contribution in [2.75, 3.05) is 4.90 Å². The molecule has 134 valence electrons. The molecular formula is C20H17F3N2O. The molecule has 0 aliphatic carbocycles. The van der Waals surface area contributed by atoms with Gasteiger partial charge in [0.1, 0.15) is 0 Å². The van der Waals surface area contributed by atoms with E-state index in [0.29, 0.717) is 11.3 Å². The molecule has 26 heavy (non-hydrogen) atoms. The van der Waals surface area contributed by atoms with Crippen LogP contribution in [0.15, 0.2) is 60.8 Å². The summed E-state index contributed by atoms with van der Waals surface area (Å²) in [6.07, 6.45) is -2.48. The maximum Gasteiger partial charge on any atom is 0.416 e. The summed E-state index contributed by atoms with van der Waals surface area (Å²) in [6.45, 7) is 1.93. The predicted molar refractivity (Wildman–Crippen MR) is 94.7 cm³/mol. The van der Waals surface area contributed by atoms with E-state index in [1.54, 1.807) is 18.0 Å². The molecule has 6 heteroatoms. The number of hydrogen-bond donors (Lipinski definition) is 0. The molecule has 0 atom stereocenters. The number of aromatic nitrogens is 1. The van der Waals surface area contributed by atoms with Gasteiger partial charge in [-0.15, -0.1) is 0 Å². The van der Waals surface area contributed by atoms with Gasteiger partial charge in [0.2, 0.25) is 5.91 Å². The number of nitrogens with zero attached hydrogens (tertiary/aromatic N) is 2. The largest absolute Gasteiger partial charge is 0.416 e. The smallest absolute Gasteiger partial charge is 0.306 e. The number of fused-ring (bicyclic) bond motifs is 1. The number of carbonyl (C=O) groups excluding carboxylic acids is 1. The molecule has 2 aromatic carbocycles. The van der Waals surface area contributed by atoms with E-state index in [1.807, 2.05) is 30.3 Å². The predicted octanol–water partition coefficient (Wildman–Crippen LogP) is 5.20. The van der Waals surface area contributed by atoms with Gasteiger partial charge in [-0.05, 0) is 29.8 Å². The van der Waals surface area contributed by atoms with Gasteiger partial charge in [-0.25, -0.2) is 0 Å². The van der Waals surface area contributed by atoms with Crippen LogP contribution in [0.1, 0.15) is 24.5 Å². The van der Waals surface area contributed by atoms with E-state index in [1.165, 1.54) is 12.1 Å². The summed E-state index contributed by atoms with van der Waals surface area (Å²) in [5.74, 6) is -0.123. The Hall–Kier alpha value is -2.89. The zero-order valence-corrected chi connectivity index (χ0v) is 14.1. The molecule has 1 amide bonds. The highest BCUT2D eigenvalue weighted by atomic mass is 19.4. The van der Waals surface area contributed by atoms with Gasteiger partial charge in [0, 0.05) is 11.8 Å². The lowest BCUT2D eigenvalue weighted by Gasteiger charge is -2.23.